The maximum absolute atomic E-state index is 13.3. The number of methoxy groups -OCH3 is 1. The van der Waals surface area contributed by atoms with Gasteiger partial charge in [0.25, 0.3) is 0 Å². The molecule has 7 heteroatoms. The maximum atomic E-state index is 13.3. The second-order valence-corrected chi connectivity index (χ2v) is 7.00. The van der Waals surface area contributed by atoms with Crippen LogP contribution in [0.1, 0.15) is 29.3 Å². The molecule has 2 aromatic rings. The summed E-state index contributed by atoms with van der Waals surface area (Å²) in [6, 6.07) is 10.2. The van der Waals surface area contributed by atoms with Gasteiger partial charge in [0.15, 0.2) is 5.78 Å². The molecule has 1 heterocycles. The molecule has 142 valence electrons. The first-order valence-electron chi connectivity index (χ1n) is 8.53. The van der Waals surface area contributed by atoms with E-state index in [1.807, 2.05) is 0 Å². The molecule has 1 atom stereocenters. The van der Waals surface area contributed by atoms with Crippen LogP contribution in [0.5, 0.6) is 11.5 Å². The number of rotatable bonds is 6. The number of hydrogen-bond donors (Lipinski definition) is 1. The van der Waals surface area contributed by atoms with E-state index >= 15 is 0 Å². The maximum Gasteiger partial charge on any atom is 0.221 e. The number of anilines is 1. The molecule has 1 aliphatic heterocycles. The second-order valence-electron chi connectivity index (χ2n) is 6.14. The van der Waals surface area contributed by atoms with Gasteiger partial charge in [-0.15, -0.1) is 0 Å². The fourth-order valence-corrected chi connectivity index (χ4v) is 3.27. The van der Waals surface area contributed by atoms with E-state index in [0.29, 0.717) is 46.0 Å². The topological polar surface area (TPSA) is 73.9 Å². The number of carbonyl (C=O) groups excluding carboxylic acids is 2. The first-order chi connectivity index (χ1) is 13.0. The minimum absolute atomic E-state index is 0.142. The Kier molecular flexibility index (Phi) is 6.13. The Morgan fingerprint density at radius 1 is 1.19 bits per heavy atom. The van der Waals surface area contributed by atoms with Crippen LogP contribution in [-0.2, 0) is 9.53 Å². The monoisotopic (exact) mass is 433 g/mol. The fourth-order valence-electron chi connectivity index (χ4n) is 2.85. The molecule has 1 saturated heterocycles. The highest BCUT2D eigenvalue weighted by atomic mass is 79.9. The third-order valence-corrected chi connectivity index (χ3v) is 4.80. The number of nitrogens with one attached hydrogen (secondary N) is 1. The van der Waals surface area contributed by atoms with Crippen molar-refractivity contribution in [2.75, 3.05) is 25.6 Å². The summed E-state index contributed by atoms with van der Waals surface area (Å²) >= 11 is 3.47. The summed E-state index contributed by atoms with van der Waals surface area (Å²) in [6.45, 7) is 2.48. The van der Waals surface area contributed by atoms with Crippen molar-refractivity contribution in [2.24, 2.45) is 0 Å². The third-order valence-electron chi connectivity index (χ3n) is 4.17. The van der Waals surface area contributed by atoms with Crippen LogP contribution in [0.15, 0.2) is 40.9 Å². The fraction of sp³-hybridized carbons (Fsp3) is 0.300. The van der Waals surface area contributed by atoms with E-state index in [1.54, 1.807) is 43.5 Å². The second kappa shape index (κ2) is 8.54. The van der Waals surface area contributed by atoms with Crippen LogP contribution in [-0.4, -0.2) is 38.1 Å². The van der Waals surface area contributed by atoms with Crippen LogP contribution in [0, 0.1) is 0 Å². The number of carbonyl (C=O) groups is 2. The smallest absolute Gasteiger partial charge is 0.221 e. The van der Waals surface area contributed by atoms with Gasteiger partial charge in [0.05, 0.1) is 36.0 Å². The molecule has 0 aliphatic carbocycles. The Morgan fingerprint density at radius 2 is 1.93 bits per heavy atom. The minimum Gasteiger partial charge on any atom is -0.497 e. The van der Waals surface area contributed by atoms with Crippen molar-refractivity contribution in [1.82, 2.24) is 0 Å². The normalized spacial score (nSPS) is 16.0. The standard InChI is InChI=1S/C20H20BrNO5/c1-12(23)22-17-8-7-16(21)20(27-15-9-10-26-11-15)18(17)19(24)13-3-5-14(25-2)6-4-13/h3-8,15H,9-11H2,1-2H3,(H,22,23). The molecule has 0 bridgehead atoms. The van der Waals surface area contributed by atoms with Gasteiger partial charge < -0.3 is 19.5 Å². The zero-order valence-electron chi connectivity index (χ0n) is 15.1. The van der Waals surface area contributed by atoms with Crippen molar-refractivity contribution in [1.29, 1.82) is 0 Å². The highest BCUT2D eigenvalue weighted by molar-refractivity contribution is 9.10. The molecular formula is C20H20BrNO5. The van der Waals surface area contributed by atoms with Gasteiger partial charge in [0.1, 0.15) is 17.6 Å². The molecule has 0 radical (unpaired) electrons. The molecule has 0 spiro atoms. The third kappa shape index (κ3) is 4.48. The molecule has 0 saturated carbocycles. The number of amides is 1. The molecule has 1 aliphatic rings. The van der Waals surface area contributed by atoms with Crippen LogP contribution < -0.4 is 14.8 Å². The van der Waals surface area contributed by atoms with Crippen molar-refractivity contribution < 1.29 is 23.8 Å². The average Bonchev–Trinajstić information content (AvgIpc) is 3.17. The summed E-state index contributed by atoms with van der Waals surface area (Å²) in [5.41, 5.74) is 1.17. The van der Waals surface area contributed by atoms with E-state index in [2.05, 4.69) is 21.2 Å². The predicted octanol–water partition coefficient (Wildman–Crippen LogP) is 3.81. The zero-order chi connectivity index (χ0) is 19.4. The molecule has 0 aromatic heterocycles. The predicted molar refractivity (Wildman–Crippen MR) is 105 cm³/mol. The van der Waals surface area contributed by atoms with Crippen LogP contribution in [0.3, 0.4) is 0 Å². The van der Waals surface area contributed by atoms with E-state index in [9.17, 15) is 9.59 Å². The summed E-state index contributed by atoms with van der Waals surface area (Å²) < 4.78 is 17.2. The largest absolute Gasteiger partial charge is 0.497 e. The molecule has 1 amide bonds. The van der Waals surface area contributed by atoms with E-state index in [-0.39, 0.29) is 17.8 Å². The Morgan fingerprint density at radius 3 is 2.52 bits per heavy atom. The minimum atomic E-state index is -0.267. The molecule has 1 fully saturated rings. The van der Waals surface area contributed by atoms with Gasteiger partial charge in [-0.05, 0) is 52.3 Å². The number of ether oxygens (including phenoxy) is 3. The van der Waals surface area contributed by atoms with Crippen LogP contribution >= 0.6 is 15.9 Å². The molecule has 2 aromatic carbocycles. The first kappa shape index (κ1) is 19.4. The van der Waals surface area contributed by atoms with Gasteiger partial charge in [0, 0.05) is 18.9 Å². The van der Waals surface area contributed by atoms with E-state index in [4.69, 9.17) is 14.2 Å². The van der Waals surface area contributed by atoms with E-state index in [1.165, 1.54) is 6.92 Å². The molecule has 1 N–H and O–H groups in total. The molecule has 6 nitrogen and oxygen atoms in total. The molecule has 27 heavy (non-hydrogen) atoms. The van der Waals surface area contributed by atoms with Crippen LogP contribution in [0.2, 0.25) is 0 Å². The van der Waals surface area contributed by atoms with Gasteiger partial charge in [-0.25, -0.2) is 0 Å². The number of benzene rings is 2. The number of ketones is 1. The summed E-state index contributed by atoms with van der Waals surface area (Å²) in [4.78, 5) is 24.9. The highest BCUT2D eigenvalue weighted by Crippen LogP contribution is 2.37. The SMILES string of the molecule is COc1ccc(C(=O)c2c(NC(C)=O)ccc(Br)c2OC2CCOC2)cc1. The zero-order valence-corrected chi connectivity index (χ0v) is 16.7. The summed E-state index contributed by atoms with van der Waals surface area (Å²) in [5, 5.41) is 2.72. The lowest BCUT2D eigenvalue weighted by atomic mass is 10.00. The van der Waals surface area contributed by atoms with Crippen molar-refractivity contribution in [2.45, 2.75) is 19.4 Å². The molecular weight excluding hydrogens is 414 g/mol. The quantitative estimate of drug-likeness (QED) is 0.700. The first-order valence-corrected chi connectivity index (χ1v) is 9.32. The highest BCUT2D eigenvalue weighted by Gasteiger charge is 2.26. The average molecular weight is 434 g/mol. The van der Waals surface area contributed by atoms with Crippen molar-refractivity contribution in [3.8, 4) is 11.5 Å². The van der Waals surface area contributed by atoms with Crippen LogP contribution in [0.25, 0.3) is 0 Å². The van der Waals surface area contributed by atoms with Gasteiger partial charge in [0.2, 0.25) is 5.91 Å². The van der Waals surface area contributed by atoms with E-state index in [0.717, 1.165) is 6.42 Å². The molecule has 1 unspecified atom stereocenters. The van der Waals surface area contributed by atoms with Crippen molar-refractivity contribution >= 4 is 33.3 Å². The molecule has 3 rings (SSSR count). The van der Waals surface area contributed by atoms with Crippen LogP contribution in [0.4, 0.5) is 5.69 Å². The Labute approximate surface area is 165 Å². The Balaban J connectivity index is 2.06. The van der Waals surface area contributed by atoms with Crippen molar-refractivity contribution in [3.05, 3.63) is 52.0 Å². The summed E-state index contributed by atoms with van der Waals surface area (Å²) in [6.07, 6.45) is 0.601. The van der Waals surface area contributed by atoms with Gasteiger partial charge in [-0.3, -0.25) is 9.59 Å². The lowest BCUT2D eigenvalue weighted by Crippen LogP contribution is -2.20. The summed E-state index contributed by atoms with van der Waals surface area (Å²) in [7, 11) is 1.57. The van der Waals surface area contributed by atoms with Gasteiger partial charge in [-0.1, -0.05) is 0 Å². The number of halogens is 1. The van der Waals surface area contributed by atoms with Crippen molar-refractivity contribution in [3.63, 3.8) is 0 Å². The number of hydrogen-bond acceptors (Lipinski definition) is 5. The Hall–Kier alpha value is -2.38. The van der Waals surface area contributed by atoms with Gasteiger partial charge >= 0.3 is 0 Å². The summed E-state index contributed by atoms with van der Waals surface area (Å²) in [5.74, 6) is 0.535. The Bertz CT molecular complexity index is 844. The lowest BCUT2D eigenvalue weighted by molar-refractivity contribution is -0.114. The lowest BCUT2D eigenvalue weighted by Gasteiger charge is -2.19. The van der Waals surface area contributed by atoms with E-state index < -0.39 is 0 Å². The van der Waals surface area contributed by atoms with Gasteiger partial charge in [-0.2, -0.15) is 0 Å².